The molecule has 0 radical (unpaired) electrons. The number of benzene rings is 3. The fourth-order valence-electron chi connectivity index (χ4n) is 3.79. The van der Waals surface area contributed by atoms with Crippen molar-refractivity contribution in [1.29, 1.82) is 0 Å². The van der Waals surface area contributed by atoms with Gasteiger partial charge in [-0.05, 0) is 84.0 Å². The average molecular weight is 818 g/mol. The first-order valence-corrected chi connectivity index (χ1v) is 15.5. The smallest absolute Gasteiger partial charge is 0.282 e. The first-order chi connectivity index (χ1) is 18.3. The molecule has 38 heavy (non-hydrogen) atoms. The summed E-state index contributed by atoms with van der Waals surface area (Å²) in [7, 11) is 0. The predicted molar refractivity (Wildman–Crippen MR) is 172 cm³/mol. The van der Waals surface area contributed by atoms with E-state index in [2.05, 4.69) is 82.4 Å². The van der Waals surface area contributed by atoms with Gasteiger partial charge in [-0.15, -0.1) is 0 Å². The van der Waals surface area contributed by atoms with Crippen molar-refractivity contribution in [2.75, 3.05) is 6.61 Å². The molecule has 0 atom stereocenters. The highest BCUT2D eigenvalue weighted by Crippen LogP contribution is 2.35. The Balaban J connectivity index is 1.69. The van der Waals surface area contributed by atoms with E-state index in [-0.39, 0.29) is 5.56 Å². The van der Waals surface area contributed by atoms with Gasteiger partial charge in [0.2, 0.25) is 0 Å². The van der Waals surface area contributed by atoms with Crippen molar-refractivity contribution in [3.05, 3.63) is 92.8 Å². The minimum absolute atomic E-state index is 0.196. The van der Waals surface area contributed by atoms with Gasteiger partial charge < -0.3 is 9.47 Å². The third-order valence-corrected chi connectivity index (χ3v) is 8.20. The van der Waals surface area contributed by atoms with E-state index in [9.17, 15) is 4.79 Å². The zero-order valence-corrected chi connectivity index (χ0v) is 27.7. The third-order valence-electron chi connectivity index (χ3n) is 5.67. The fraction of sp³-hybridized carbons (Fsp3) is 0.250. The van der Waals surface area contributed by atoms with Crippen LogP contribution in [0.1, 0.15) is 43.6 Å². The molecule has 0 spiro atoms. The Morgan fingerprint density at radius 1 is 1.03 bits per heavy atom. The topological polar surface area (TPSA) is 65.7 Å². The van der Waals surface area contributed by atoms with Crippen molar-refractivity contribution < 1.29 is 9.47 Å². The van der Waals surface area contributed by atoms with Gasteiger partial charge in [0.15, 0.2) is 11.5 Å². The van der Waals surface area contributed by atoms with Gasteiger partial charge in [0.05, 0.1) is 27.3 Å². The highest BCUT2D eigenvalue weighted by Gasteiger charge is 2.14. The lowest BCUT2D eigenvalue weighted by Gasteiger charge is -2.15. The standard InChI is InChI=1S/C28H25Br3IN3O3/c1-3-5-6-26-34-24-10-9-19(29)13-21(24)28(36)35(26)33-15-17-11-23(32)27(25(12-17)37-4-2)38-16-18-7-8-20(30)14-22(18)31/h7-15H,3-6,16H2,1-2H3. The molecule has 6 nitrogen and oxygen atoms in total. The van der Waals surface area contributed by atoms with E-state index in [1.54, 1.807) is 12.3 Å². The SMILES string of the molecule is CCCCc1nc2ccc(Br)cc2c(=O)n1N=Cc1cc(I)c(OCc2ccc(Br)cc2Br)c(OCC)c1. The summed E-state index contributed by atoms with van der Waals surface area (Å²) in [5.41, 5.74) is 2.28. The van der Waals surface area contributed by atoms with Gasteiger partial charge in [-0.3, -0.25) is 4.79 Å². The van der Waals surface area contributed by atoms with E-state index in [0.29, 0.717) is 47.9 Å². The van der Waals surface area contributed by atoms with Crippen molar-refractivity contribution in [2.45, 2.75) is 39.7 Å². The van der Waals surface area contributed by atoms with Crippen molar-refractivity contribution in [3.8, 4) is 11.5 Å². The second kappa shape index (κ2) is 13.5. The summed E-state index contributed by atoms with van der Waals surface area (Å²) >= 11 is 12.8. The molecule has 0 N–H and O–H groups in total. The molecule has 4 aromatic rings. The summed E-state index contributed by atoms with van der Waals surface area (Å²) in [6, 6.07) is 15.3. The molecule has 3 aromatic carbocycles. The highest BCUT2D eigenvalue weighted by atomic mass is 127. The number of hydrogen-bond acceptors (Lipinski definition) is 5. The maximum Gasteiger partial charge on any atom is 0.282 e. The van der Waals surface area contributed by atoms with E-state index in [1.165, 1.54) is 4.68 Å². The summed E-state index contributed by atoms with van der Waals surface area (Å²) in [6.45, 7) is 4.91. The van der Waals surface area contributed by atoms with Crippen LogP contribution in [0.3, 0.4) is 0 Å². The van der Waals surface area contributed by atoms with Crippen LogP contribution in [-0.4, -0.2) is 22.5 Å². The van der Waals surface area contributed by atoms with E-state index < -0.39 is 0 Å². The van der Waals surface area contributed by atoms with Gasteiger partial charge in [0.1, 0.15) is 12.4 Å². The second-order valence-electron chi connectivity index (χ2n) is 8.44. The number of aromatic nitrogens is 2. The van der Waals surface area contributed by atoms with Crippen molar-refractivity contribution in [1.82, 2.24) is 9.66 Å². The van der Waals surface area contributed by atoms with Crippen LogP contribution in [0.4, 0.5) is 0 Å². The molecule has 198 valence electrons. The van der Waals surface area contributed by atoms with Crippen molar-refractivity contribution in [3.63, 3.8) is 0 Å². The summed E-state index contributed by atoms with van der Waals surface area (Å²) < 4.78 is 17.2. The maximum atomic E-state index is 13.4. The van der Waals surface area contributed by atoms with Gasteiger partial charge >= 0.3 is 0 Å². The fourth-order valence-corrected chi connectivity index (χ4v) is 6.09. The first kappa shape index (κ1) is 29.2. The Morgan fingerprint density at radius 3 is 2.53 bits per heavy atom. The van der Waals surface area contributed by atoms with Crippen molar-refractivity contribution in [2.24, 2.45) is 5.10 Å². The monoisotopic (exact) mass is 815 g/mol. The molecule has 0 saturated heterocycles. The lowest BCUT2D eigenvalue weighted by Crippen LogP contribution is -2.22. The molecular weight excluding hydrogens is 793 g/mol. The molecule has 1 aromatic heterocycles. The van der Waals surface area contributed by atoms with E-state index in [4.69, 9.17) is 14.5 Å². The van der Waals surface area contributed by atoms with Gasteiger partial charge in [-0.1, -0.05) is 67.2 Å². The van der Waals surface area contributed by atoms with Crippen LogP contribution < -0.4 is 15.0 Å². The molecular formula is C28H25Br3IN3O3. The summed E-state index contributed by atoms with van der Waals surface area (Å²) in [5.74, 6) is 1.92. The summed E-state index contributed by atoms with van der Waals surface area (Å²) in [5, 5.41) is 5.10. The van der Waals surface area contributed by atoms with E-state index in [1.807, 2.05) is 49.4 Å². The molecule has 0 aliphatic carbocycles. The van der Waals surface area contributed by atoms with Gasteiger partial charge in [0, 0.05) is 25.4 Å². The van der Waals surface area contributed by atoms with Crippen LogP contribution in [-0.2, 0) is 13.0 Å². The first-order valence-electron chi connectivity index (χ1n) is 12.1. The molecule has 0 bridgehead atoms. The van der Waals surface area contributed by atoms with E-state index >= 15 is 0 Å². The van der Waals surface area contributed by atoms with Gasteiger partial charge in [0.25, 0.3) is 5.56 Å². The molecule has 0 amide bonds. The van der Waals surface area contributed by atoms with Crippen molar-refractivity contribution >= 4 is 87.5 Å². The highest BCUT2D eigenvalue weighted by molar-refractivity contribution is 14.1. The number of unbranched alkanes of at least 4 members (excludes halogenated alkanes) is 1. The number of aryl methyl sites for hydroxylation is 1. The Hall–Kier alpha value is -1.76. The lowest BCUT2D eigenvalue weighted by atomic mass is 10.2. The number of rotatable bonds is 10. The number of ether oxygens (including phenoxy) is 2. The Labute approximate surface area is 260 Å². The van der Waals surface area contributed by atoms with Crippen LogP contribution in [0.5, 0.6) is 11.5 Å². The molecule has 0 aliphatic heterocycles. The molecule has 0 fully saturated rings. The molecule has 0 unspecified atom stereocenters. The quantitative estimate of drug-likeness (QED) is 0.119. The van der Waals surface area contributed by atoms with Crippen LogP contribution >= 0.6 is 70.4 Å². The minimum atomic E-state index is -0.196. The normalized spacial score (nSPS) is 11.4. The third kappa shape index (κ3) is 7.05. The van der Waals surface area contributed by atoms with Crippen LogP contribution in [0.25, 0.3) is 10.9 Å². The molecule has 10 heteroatoms. The summed E-state index contributed by atoms with van der Waals surface area (Å²) in [6.07, 6.45) is 4.24. The number of halogens is 4. The maximum absolute atomic E-state index is 13.4. The largest absolute Gasteiger partial charge is 0.490 e. The summed E-state index contributed by atoms with van der Waals surface area (Å²) in [4.78, 5) is 18.1. The molecule has 0 saturated carbocycles. The lowest BCUT2D eigenvalue weighted by molar-refractivity contribution is 0.267. The number of hydrogen-bond donors (Lipinski definition) is 0. The Kier molecular flexibility index (Phi) is 10.4. The molecule has 0 aliphatic rings. The Morgan fingerprint density at radius 2 is 1.79 bits per heavy atom. The van der Waals surface area contributed by atoms with Gasteiger partial charge in [-0.2, -0.15) is 9.78 Å². The van der Waals surface area contributed by atoms with Crippen LogP contribution in [0, 0.1) is 3.57 Å². The predicted octanol–water partition coefficient (Wildman–Crippen LogP) is 8.49. The minimum Gasteiger partial charge on any atom is -0.490 e. The van der Waals surface area contributed by atoms with Crippen LogP contribution in [0.15, 0.2) is 71.8 Å². The molecule has 4 rings (SSSR count). The van der Waals surface area contributed by atoms with E-state index in [0.717, 1.165) is 41.0 Å². The zero-order chi connectivity index (χ0) is 27.2. The average Bonchev–Trinajstić information content (AvgIpc) is 2.88. The van der Waals surface area contributed by atoms with Gasteiger partial charge in [-0.25, -0.2) is 4.98 Å². The second-order valence-corrected chi connectivity index (χ2v) is 12.3. The number of fused-ring (bicyclic) bond motifs is 1. The Bertz CT molecular complexity index is 1560. The van der Waals surface area contributed by atoms with Crippen LogP contribution in [0.2, 0.25) is 0 Å². The number of nitrogens with zero attached hydrogens (tertiary/aromatic N) is 3. The zero-order valence-electron chi connectivity index (χ0n) is 20.8. The molecule has 1 heterocycles.